The molecule has 0 radical (unpaired) electrons. The zero-order valence-electron chi connectivity index (χ0n) is 16.0. The van der Waals surface area contributed by atoms with Crippen LogP contribution in [0, 0.1) is 17.8 Å². The van der Waals surface area contributed by atoms with E-state index in [-0.39, 0.29) is 11.5 Å². The highest BCUT2D eigenvalue weighted by atomic mass is 16.8. The summed E-state index contributed by atoms with van der Waals surface area (Å²) < 4.78 is 21.4. The third-order valence-electron chi connectivity index (χ3n) is 5.97. The molecule has 3 aliphatic rings. The van der Waals surface area contributed by atoms with E-state index in [1.54, 1.807) is 6.92 Å². The SMILES string of the molecule is COC(=O)C1=CO[C@@H](O[C@@H]2O[C@H](CO)[C@@H](O)[C@H](O)[C@H]2O)[C@H]2[C@@H]1[C@H](C)C[C@]2(C)O. The molecular weight excluding hydrogens is 376 g/mol. The summed E-state index contributed by atoms with van der Waals surface area (Å²) in [5.74, 6) is -1.72. The standard InChI is InChI=1S/C18H28O10/c1-7-4-18(2,24)11-10(7)8(15(23)25-3)6-26-16(11)28-17-14(22)13(21)12(20)9(5-19)27-17/h6-7,9-14,16-17,19-22,24H,4-5H2,1-3H3/t7-,9-,10-,11-,12-,13+,14-,16+,17+,18+/m1/s1. The second kappa shape index (κ2) is 7.86. The summed E-state index contributed by atoms with van der Waals surface area (Å²) in [4.78, 5) is 12.1. The quantitative estimate of drug-likeness (QED) is 0.340. The summed E-state index contributed by atoms with van der Waals surface area (Å²) >= 11 is 0. The Balaban J connectivity index is 1.86. The number of aliphatic hydroxyl groups is 5. The van der Waals surface area contributed by atoms with E-state index in [9.17, 15) is 30.3 Å². The monoisotopic (exact) mass is 404 g/mol. The Kier molecular flexibility index (Phi) is 6.02. The lowest BCUT2D eigenvalue weighted by Gasteiger charge is -2.44. The van der Waals surface area contributed by atoms with Crippen LogP contribution < -0.4 is 0 Å². The molecule has 0 aromatic heterocycles. The van der Waals surface area contributed by atoms with Crippen LogP contribution in [0.15, 0.2) is 11.8 Å². The molecule has 10 heteroatoms. The third-order valence-corrected chi connectivity index (χ3v) is 5.97. The molecule has 1 saturated carbocycles. The summed E-state index contributed by atoms with van der Waals surface area (Å²) in [5.41, 5.74) is -0.956. The molecule has 0 unspecified atom stereocenters. The van der Waals surface area contributed by atoms with Crippen molar-refractivity contribution in [1.29, 1.82) is 0 Å². The number of aliphatic hydroxyl groups excluding tert-OH is 4. The van der Waals surface area contributed by atoms with Crippen molar-refractivity contribution >= 4 is 5.97 Å². The van der Waals surface area contributed by atoms with Gasteiger partial charge >= 0.3 is 5.97 Å². The number of hydrogen-bond donors (Lipinski definition) is 5. The molecule has 0 aromatic carbocycles. The molecule has 28 heavy (non-hydrogen) atoms. The number of fused-ring (bicyclic) bond motifs is 1. The van der Waals surface area contributed by atoms with Crippen LogP contribution in [-0.2, 0) is 23.7 Å². The Morgan fingerprint density at radius 1 is 1.25 bits per heavy atom. The maximum Gasteiger partial charge on any atom is 0.337 e. The number of carbonyl (C=O) groups is 1. The molecule has 10 nitrogen and oxygen atoms in total. The normalized spacial score (nSPS) is 48.4. The second-order valence-corrected chi connectivity index (χ2v) is 7.99. The van der Waals surface area contributed by atoms with Gasteiger partial charge in [0.15, 0.2) is 6.29 Å². The summed E-state index contributed by atoms with van der Waals surface area (Å²) in [5, 5.41) is 50.3. The van der Waals surface area contributed by atoms with Crippen LogP contribution in [0.1, 0.15) is 20.3 Å². The first kappa shape index (κ1) is 21.4. The minimum atomic E-state index is -1.60. The lowest BCUT2D eigenvalue weighted by Crippen LogP contribution is -2.60. The van der Waals surface area contributed by atoms with Crippen LogP contribution in [-0.4, -0.2) is 87.8 Å². The van der Waals surface area contributed by atoms with Gasteiger partial charge in [0.2, 0.25) is 6.29 Å². The summed E-state index contributed by atoms with van der Waals surface area (Å²) in [7, 11) is 1.26. The molecule has 2 aliphatic heterocycles. The summed E-state index contributed by atoms with van der Waals surface area (Å²) in [6.07, 6.45) is -6.75. The Morgan fingerprint density at radius 3 is 2.54 bits per heavy atom. The summed E-state index contributed by atoms with van der Waals surface area (Å²) in [6.45, 7) is 2.91. The minimum absolute atomic E-state index is 0.0739. The fourth-order valence-corrected chi connectivity index (χ4v) is 4.65. The van der Waals surface area contributed by atoms with Gasteiger partial charge in [0.25, 0.3) is 0 Å². The second-order valence-electron chi connectivity index (χ2n) is 7.99. The van der Waals surface area contributed by atoms with Gasteiger partial charge in [0, 0.05) is 5.92 Å². The fraction of sp³-hybridized carbons (Fsp3) is 0.833. The molecular formula is C18H28O10. The lowest BCUT2D eigenvalue weighted by molar-refractivity contribution is -0.346. The minimum Gasteiger partial charge on any atom is -0.471 e. The topological polar surface area (TPSA) is 155 Å². The first-order valence-corrected chi connectivity index (χ1v) is 9.24. The van der Waals surface area contributed by atoms with Crippen molar-refractivity contribution < 1.29 is 49.3 Å². The van der Waals surface area contributed by atoms with Gasteiger partial charge in [0.05, 0.1) is 37.1 Å². The van der Waals surface area contributed by atoms with Gasteiger partial charge in [-0.05, 0) is 19.3 Å². The number of rotatable bonds is 4. The van der Waals surface area contributed by atoms with E-state index < -0.39 is 67.0 Å². The fourth-order valence-electron chi connectivity index (χ4n) is 4.65. The first-order valence-electron chi connectivity index (χ1n) is 9.24. The molecule has 1 aliphatic carbocycles. The van der Waals surface area contributed by atoms with E-state index in [0.717, 1.165) is 0 Å². The predicted octanol–water partition coefficient (Wildman–Crippen LogP) is -1.76. The molecule has 10 atom stereocenters. The van der Waals surface area contributed by atoms with Gasteiger partial charge in [-0.25, -0.2) is 4.79 Å². The van der Waals surface area contributed by atoms with E-state index in [4.69, 9.17) is 18.9 Å². The van der Waals surface area contributed by atoms with Gasteiger partial charge in [-0.1, -0.05) is 6.92 Å². The van der Waals surface area contributed by atoms with E-state index in [1.807, 2.05) is 6.92 Å². The molecule has 0 aromatic rings. The maximum absolute atomic E-state index is 12.1. The highest BCUT2D eigenvalue weighted by molar-refractivity contribution is 5.89. The van der Waals surface area contributed by atoms with Crippen molar-refractivity contribution in [2.45, 2.75) is 62.9 Å². The van der Waals surface area contributed by atoms with Crippen molar-refractivity contribution in [1.82, 2.24) is 0 Å². The molecule has 1 saturated heterocycles. The average Bonchev–Trinajstić information content (AvgIpc) is 2.91. The molecule has 2 fully saturated rings. The van der Waals surface area contributed by atoms with E-state index in [0.29, 0.717) is 6.42 Å². The number of esters is 1. The molecule has 0 spiro atoms. The van der Waals surface area contributed by atoms with Crippen LogP contribution >= 0.6 is 0 Å². The van der Waals surface area contributed by atoms with Crippen LogP contribution in [0.5, 0.6) is 0 Å². The molecule has 2 heterocycles. The van der Waals surface area contributed by atoms with Crippen LogP contribution in [0.2, 0.25) is 0 Å². The van der Waals surface area contributed by atoms with E-state index in [2.05, 4.69) is 0 Å². The number of hydrogen-bond acceptors (Lipinski definition) is 10. The van der Waals surface area contributed by atoms with Gasteiger partial charge < -0.3 is 44.5 Å². The number of methoxy groups -OCH3 is 1. The Morgan fingerprint density at radius 2 is 1.93 bits per heavy atom. The van der Waals surface area contributed by atoms with Crippen LogP contribution in [0.4, 0.5) is 0 Å². The molecule has 0 bridgehead atoms. The largest absolute Gasteiger partial charge is 0.471 e. The third kappa shape index (κ3) is 3.54. The van der Waals surface area contributed by atoms with Crippen LogP contribution in [0.3, 0.4) is 0 Å². The van der Waals surface area contributed by atoms with Crippen LogP contribution in [0.25, 0.3) is 0 Å². The highest BCUT2D eigenvalue weighted by Crippen LogP contribution is 2.52. The van der Waals surface area contributed by atoms with E-state index in [1.165, 1.54) is 13.4 Å². The predicted molar refractivity (Wildman–Crippen MR) is 91.2 cm³/mol. The Bertz CT molecular complexity index is 617. The molecule has 160 valence electrons. The lowest BCUT2D eigenvalue weighted by atomic mass is 9.79. The first-order chi connectivity index (χ1) is 13.1. The van der Waals surface area contributed by atoms with Gasteiger partial charge in [-0.3, -0.25) is 0 Å². The molecule has 5 N–H and O–H groups in total. The van der Waals surface area contributed by atoms with Crippen molar-refractivity contribution in [3.63, 3.8) is 0 Å². The summed E-state index contributed by atoms with van der Waals surface area (Å²) in [6, 6.07) is 0. The Hall–Kier alpha value is -1.27. The Labute approximate surface area is 162 Å². The smallest absolute Gasteiger partial charge is 0.337 e. The van der Waals surface area contributed by atoms with E-state index >= 15 is 0 Å². The zero-order chi connectivity index (χ0) is 20.8. The average molecular weight is 404 g/mol. The van der Waals surface area contributed by atoms with Gasteiger partial charge in [-0.2, -0.15) is 0 Å². The van der Waals surface area contributed by atoms with Crippen molar-refractivity contribution in [2.75, 3.05) is 13.7 Å². The van der Waals surface area contributed by atoms with Crippen molar-refractivity contribution in [3.05, 3.63) is 11.8 Å². The highest BCUT2D eigenvalue weighted by Gasteiger charge is 2.58. The molecule has 0 amide bonds. The zero-order valence-corrected chi connectivity index (χ0v) is 16.0. The number of ether oxygens (including phenoxy) is 4. The maximum atomic E-state index is 12.1. The van der Waals surface area contributed by atoms with Crippen molar-refractivity contribution in [3.8, 4) is 0 Å². The van der Waals surface area contributed by atoms with Gasteiger partial charge in [-0.15, -0.1) is 0 Å². The number of carbonyl (C=O) groups excluding carboxylic acids is 1. The molecule has 3 rings (SSSR count). The van der Waals surface area contributed by atoms with Gasteiger partial charge in [0.1, 0.15) is 24.4 Å². The van der Waals surface area contributed by atoms with Crippen molar-refractivity contribution in [2.24, 2.45) is 17.8 Å².